The maximum absolute atomic E-state index is 12.4. The summed E-state index contributed by atoms with van der Waals surface area (Å²) >= 11 is 0. The Bertz CT molecular complexity index is 1730. The first-order valence-corrected chi connectivity index (χ1v) is 17.8. The molecule has 0 spiro atoms. The van der Waals surface area contributed by atoms with Gasteiger partial charge in [0.15, 0.2) is 0 Å². The molecule has 0 aliphatic carbocycles. The number of amides is 4. The molecule has 0 atom stereocenters. The molecule has 0 saturated heterocycles. The van der Waals surface area contributed by atoms with Crippen molar-refractivity contribution in [1.29, 1.82) is 5.26 Å². The summed E-state index contributed by atoms with van der Waals surface area (Å²) in [4.78, 5) is 58.2. The number of ether oxygens (including phenoxy) is 6. The second-order valence-electron chi connectivity index (χ2n) is 16.0. The Morgan fingerprint density at radius 1 is 0.589 bits per heavy atom. The molecule has 2 rings (SSSR count). The fourth-order valence-corrected chi connectivity index (χ4v) is 4.16. The number of nitrogens with zero attached hydrogens (tertiary/aromatic N) is 3. The van der Waals surface area contributed by atoms with Gasteiger partial charge >= 0.3 is 24.4 Å². The van der Waals surface area contributed by atoms with Crippen LogP contribution in [0, 0.1) is 11.3 Å². The lowest BCUT2D eigenvalue weighted by Crippen LogP contribution is -2.47. The van der Waals surface area contributed by atoms with E-state index in [9.17, 15) is 24.4 Å². The van der Waals surface area contributed by atoms with Crippen molar-refractivity contribution in [3.05, 3.63) is 48.0 Å². The van der Waals surface area contributed by atoms with Crippen molar-refractivity contribution in [2.24, 2.45) is 9.98 Å². The minimum absolute atomic E-state index is 0.00238. The summed E-state index contributed by atoms with van der Waals surface area (Å²) in [5.74, 6) is 0.510. The van der Waals surface area contributed by atoms with Gasteiger partial charge in [0, 0.05) is 5.56 Å². The topological polar surface area (TPSA) is 220 Å². The monoisotopic (exact) mass is 781 g/mol. The molecule has 17 heteroatoms. The summed E-state index contributed by atoms with van der Waals surface area (Å²) in [7, 11) is 0. The minimum atomic E-state index is -0.827. The van der Waals surface area contributed by atoms with E-state index in [1.807, 2.05) is 6.07 Å². The third-order valence-electron chi connectivity index (χ3n) is 5.98. The minimum Gasteiger partial charge on any atom is -0.492 e. The highest BCUT2D eigenvalue weighted by molar-refractivity contribution is 6.02. The quantitative estimate of drug-likeness (QED) is 0.0897. The van der Waals surface area contributed by atoms with Crippen LogP contribution in [0.2, 0.25) is 0 Å². The van der Waals surface area contributed by atoms with Crippen LogP contribution in [-0.2, 0) is 18.9 Å². The third kappa shape index (κ3) is 19.9. The molecule has 0 bridgehead atoms. The maximum Gasteiger partial charge on any atom is 0.414 e. The number of guanidine groups is 2. The fourth-order valence-electron chi connectivity index (χ4n) is 4.16. The van der Waals surface area contributed by atoms with E-state index in [0.717, 1.165) is 0 Å². The molecule has 0 fully saturated rings. The van der Waals surface area contributed by atoms with E-state index in [4.69, 9.17) is 28.4 Å². The summed E-state index contributed by atoms with van der Waals surface area (Å²) in [6.07, 6.45) is -3.29. The van der Waals surface area contributed by atoms with Crippen molar-refractivity contribution in [2.75, 3.05) is 26.3 Å². The zero-order valence-corrected chi connectivity index (χ0v) is 34.3. The lowest BCUT2D eigenvalue weighted by atomic mass is 10.0. The first-order chi connectivity index (χ1) is 25.8. The van der Waals surface area contributed by atoms with Crippen LogP contribution in [0.25, 0.3) is 11.1 Å². The van der Waals surface area contributed by atoms with E-state index in [2.05, 4.69) is 37.3 Å². The number of nitriles is 1. The number of alkyl carbamates (subject to hydrolysis) is 4. The molecule has 56 heavy (non-hydrogen) atoms. The van der Waals surface area contributed by atoms with Crippen LogP contribution in [0.3, 0.4) is 0 Å². The average Bonchev–Trinajstić information content (AvgIpc) is 3.01. The molecule has 306 valence electrons. The van der Waals surface area contributed by atoms with Gasteiger partial charge in [0.05, 0.1) is 24.7 Å². The number of carbonyl (C=O) groups is 4. The Labute approximate surface area is 328 Å². The van der Waals surface area contributed by atoms with E-state index in [0.29, 0.717) is 28.2 Å². The molecule has 0 heterocycles. The maximum atomic E-state index is 12.4. The molecule has 0 radical (unpaired) electrons. The lowest BCUT2D eigenvalue weighted by Gasteiger charge is -2.22. The zero-order chi connectivity index (χ0) is 42.3. The van der Waals surface area contributed by atoms with E-state index in [1.165, 1.54) is 0 Å². The SMILES string of the molecule is CC(C)(C)OC(=O)NC(=NCCOc1cccc(-c2cc(C#N)ccc2OCCN=C(NC(=O)OC(C)(C)C)NC(=O)OC(C)(C)C)c1)NC(=O)OC(C)(C)C. The van der Waals surface area contributed by atoms with Gasteiger partial charge in [-0.25, -0.2) is 29.2 Å². The third-order valence-corrected chi connectivity index (χ3v) is 5.98. The van der Waals surface area contributed by atoms with Crippen LogP contribution in [0.15, 0.2) is 52.4 Å². The number of hydrogen-bond acceptors (Lipinski definition) is 13. The van der Waals surface area contributed by atoms with Crippen LogP contribution < -0.4 is 30.7 Å². The standard InChI is InChI=1S/C39H55N7O10/c1-36(2,3)53-32(47)43-30(44-33(48)54-37(4,5)6)41-18-20-51-27-15-13-14-26(23-27)28-22-25(24-40)16-17-29(28)52-21-19-42-31(45-34(49)55-38(7,8)9)46-35(50)56-39(10,11)12/h13-17,22-23H,18-21H2,1-12H3,(H2,41,43,44,47,48)(H2,42,45,46,49,50). The Balaban J connectivity index is 2.21. The Morgan fingerprint density at radius 2 is 1.00 bits per heavy atom. The predicted molar refractivity (Wildman–Crippen MR) is 210 cm³/mol. The zero-order valence-electron chi connectivity index (χ0n) is 34.3. The number of hydrogen-bond donors (Lipinski definition) is 4. The van der Waals surface area contributed by atoms with Gasteiger partial charge in [-0.15, -0.1) is 0 Å². The van der Waals surface area contributed by atoms with Crippen LogP contribution in [0.5, 0.6) is 11.5 Å². The van der Waals surface area contributed by atoms with Gasteiger partial charge in [0.25, 0.3) is 0 Å². The van der Waals surface area contributed by atoms with Crippen LogP contribution in [-0.4, -0.2) is 85.0 Å². The molecule has 0 aliphatic rings. The van der Waals surface area contributed by atoms with Crippen LogP contribution in [0.1, 0.15) is 88.6 Å². The van der Waals surface area contributed by atoms with E-state index >= 15 is 0 Å². The number of benzene rings is 2. The largest absolute Gasteiger partial charge is 0.492 e. The summed E-state index contributed by atoms with van der Waals surface area (Å²) in [6.45, 7) is 20.5. The van der Waals surface area contributed by atoms with E-state index < -0.39 is 46.8 Å². The van der Waals surface area contributed by atoms with Crippen molar-refractivity contribution in [2.45, 2.75) is 105 Å². The highest BCUT2D eigenvalue weighted by Gasteiger charge is 2.23. The smallest absolute Gasteiger partial charge is 0.414 e. The molecule has 0 aromatic heterocycles. The normalized spacial score (nSPS) is 11.4. The second-order valence-corrected chi connectivity index (χ2v) is 16.0. The Hall–Kier alpha value is -6.05. The molecular weight excluding hydrogens is 726 g/mol. The Kier molecular flexibility index (Phi) is 16.5. The van der Waals surface area contributed by atoms with Gasteiger partial charge in [-0.05, 0) is 119 Å². The predicted octanol–water partition coefficient (Wildman–Crippen LogP) is 6.79. The number of carbonyl (C=O) groups excluding carboxylic acids is 4. The molecule has 0 unspecified atom stereocenters. The first-order valence-electron chi connectivity index (χ1n) is 17.8. The number of rotatable bonds is 9. The summed E-state index contributed by atoms with van der Waals surface area (Å²) in [6, 6.07) is 14.1. The first kappa shape index (κ1) is 46.1. The summed E-state index contributed by atoms with van der Waals surface area (Å²) in [5.41, 5.74) is -1.52. The van der Waals surface area contributed by atoms with E-state index in [-0.39, 0.29) is 38.2 Å². The number of aliphatic imine (C=N–C) groups is 2. The van der Waals surface area contributed by atoms with Crippen LogP contribution >= 0.6 is 0 Å². The molecule has 17 nitrogen and oxygen atoms in total. The summed E-state index contributed by atoms with van der Waals surface area (Å²) < 4.78 is 33.1. The number of nitrogens with one attached hydrogen (secondary N) is 4. The van der Waals surface area contributed by atoms with Gasteiger partial charge in [0.1, 0.15) is 47.1 Å². The molecule has 4 amide bonds. The molecule has 0 saturated carbocycles. The van der Waals surface area contributed by atoms with Gasteiger partial charge < -0.3 is 28.4 Å². The van der Waals surface area contributed by atoms with Crippen LogP contribution in [0.4, 0.5) is 19.2 Å². The fraction of sp³-hybridized carbons (Fsp3) is 0.513. The van der Waals surface area contributed by atoms with Crippen molar-refractivity contribution >= 4 is 36.3 Å². The highest BCUT2D eigenvalue weighted by atomic mass is 16.6. The summed E-state index contributed by atoms with van der Waals surface area (Å²) in [5, 5.41) is 19.3. The molecule has 2 aromatic carbocycles. The Morgan fingerprint density at radius 3 is 1.39 bits per heavy atom. The van der Waals surface area contributed by atoms with Gasteiger partial charge in [-0.3, -0.25) is 21.3 Å². The molecule has 0 aliphatic heterocycles. The molecular formula is C39H55N7O10. The van der Waals surface area contributed by atoms with Gasteiger partial charge in [-0.1, -0.05) is 12.1 Å². The molecule has 2 aromatic rings. The van der Waals surface area contributed by atoms with E-state index in [1.54, 1.807) is 119 Å². The van der Waals surface area contributed by atoms with Crippen molar-refractivity contribution in [3.8, 4) is 28.7 Å². The van der Waals surface area contributed by atoms with Gasteiger partial charge in [-0.2, -0.15) is 5.26 Å². The molecule has 4 N–H and O–H groups in total. The highest BCUT2D eigenvalue weighted by Crippen LogP contribution is 2.33. The lowest BCUT2D eigenvalue weighted by molar-refractivity contribution is 0.0521. The second kappa shape index (κ2) is 20.0. The van der Waals surface area contributed by atoms with Crippen molar-refractivity contribution < 1.29 is 47.6 Å². The van der Waals surface area contributed by atoms with Crippen molar-refractivity contribution in [3.63, 3.8) is 0 Å². The van der Waals surface area contributed by atoms with Crippen molar-refractivity contribution in [1.82, 2.24) is 21.3 Å². The average molecular weight is 782 g/mol. The van der Waals surface area contributed by atoms with Gasteiger partial charge in [0.2, 0.25) is 11.9 Å².